The lowest BCUT2D eigenvalue weighted by Crippen LogP contribution is -2.52. The Kier molecular flexibility index (Phi) is 2.28. The summed E-state index contributed by atoms with van der Waals surface area (Å²) in [5, 5.41) is 10.5. The Morgan fingerprint density at radius 1 is 1.10 bits per heavy atom. The summed E-state index contributed by atoms with van der Waals surface area (Å²) >= 11 is 0. The fourth-order valence-electron chi connectivity index (χ4n) is 3.39. The molecule has 1 aliphatic carbocycles. The molecule has 0 amide bonds. The molecule has 5 rings (SSSR count). The Labute approximate surface area is 120 Å². The van der Waals surface area contributed by atoms with Crippen LogP contribution >= 0.6 is 0 Å². The van der Waals surface area contributed by atoms with Crippen LogP contribution in [0, 0.1) is 0 Å². The number of fused-ring (bicyclic) bond motifs is 1. The molecule has 1 aromatic carbocycles. The second-order valence-electron chi connectivity index (χ2n) is 5.88. The number of hydrogen-bond acceptors (Lipinski definition) is 3. The predicted molar refractivity (Wildman–Crippen MR) is 76.7 cm³/mol. The maximum Gasteiger partial charge on any atom is 0.352 e. The van der Waals surface area contributed by atoms with Gasteiger partial charge in [0.25, 0.3) is 0 Å². The van der Waals surface area contributed by atoms with E-state index >= 15 is 0 Å². The summed E-state index contributed by atoms with van der Waals surface area (Å²) in [7, 11) is 0. The van der Waals surface area contributed by atoms with E-state index in [4.69, 9.17) is 0 Å². The Bertz CT molecular complexity index is 855. The number of nitrogens with zero attached hydrogens (tertiary/aromatic N) is 3. The SMILES string of the molecule is CC1(O)CC2C=CC1n1c(=O)n(-c3ccccc3)c(=O)n12. The molecule has 3 unspecified atom stereocenters. The van der Waals surface area contributed by atoms with Crippen LogP contribution in [0.4, 0.5) is 0 Å². The smallest absolute Gasteiger partial charge is 0.352 e. The molecule has 108 valence electrons. The lowest BCUT2D eigenvalue weighted by atomic mass is 9.82. The molecule has 0 radical (unpaired) electrons. The summed E-state index contributed by atoms with van der Waals surface area (Å²) in [5.41, 5.74) is -1.24. The maximum atomic E-state index is 12.7. The summed E-state index contributed by atoms with van der Waals surface area (Å²) in [4.78, 5) is 25.3. The van der Waals surface area contributed by atoms with Crippen molar-refractivity contribution in [3.8, 4) is 5.69 Å². The lowest BCUT2D eigenvalue weighted by molar-refractivity contribution is -0.0373. The minimum Gasteiger partial charge on any atom is -0.388 e. The molecule has 1 aromatic heterocycles. The number of para-hydroxylation sites is 1. The first-order valence-electron chi connectivity index (χ1n) is 6.93. The van der Waals surface area contributed by atoms with Gasteiger partial charge in [0.1, 0.15) is 6.04 Å². The standard InChI is InChI=1S/C15H15N3O3/c1-15(21)9-11-7-8-12(15)18-14(20)16(13(19)17(11)18)10-5-3-2-4-6-10/h2-8,11-12,21H,9H2,1H3. The number of benzene rings is 1. The average molecular weight is 285 g/mol. The fourth-order valence-corrected chi connectivity index (χ4v) is 3.39. The van der Waals surface area contributed by atoms with Gasteiger partial charge in [-0.1, -0.05) is 30.4 Å². The molecule has 2 bridgehead atoms. The highest BCUT2D eigenvalue weighted by atomic mass is 16.3. The predicted octanol–water partition coefficient (Wildman–Crippen LogP) is 0.607. The number of rotatable bonds is 1. The van der Waals surface area contributed by atoms with Crippen LogP contribution in [0.5, 0.6) is 0 Å². The van der Waals surface area contributed by atoms with Crippen molar-refractivity contribution in [2.24, 2.45) is 0 Å². The van der Waals surface area contributed by atoms with E-state index in [9.17, 15) is 14.7 Å². The zero-order valence-corrected chi connectivity index (χ0v) is 11.5. The van der Waals surface area contributed by atoms with Crippen LogP contribution < -0.4 is 11.4 Å². The van der Waals surface area contributed by atoms with Crippen LogP contribution in [-0.2, 0) is 0 Å². The zero-order chi connectivity index (χ0) is 14.8. The van der Waals surface area contributed by atoms with Crippen molar-refractivity contribution in [2.75, 3.05) is 0 Å². The van der Waals surface area contributed by atoms with Crippen LogP contribution in [0.2, 0.25) is 0 Å². The Balaban J connectivity index is 2.04. The molecule has 1 N–H and O–H groups in total. The van der Waals surface area contributed by atoms with E-state index in [1.807, 2.05) is 18.2 Å². The molecule has 3 aliphatic rings. The number of aromatic nitrogens is 3. The fraction of sp³-hybridized carbons (Fsp3) is 0.333. The van der Waals surface area contributed by atoms with E-state index in [2.05, 4.69) is 0 Å². The molecule has 2 aliphatic heterocycles. The summed E-state index contributed by atoms with van der Waals surface area (Å²) in [6.07, 6.45) is 4.13. The first kappa shape index (κ1) is 12.4. The van der Waals surface area contributed by atoms with Gasteiger partial charge in [0.15, 0.2) is 0 Å². The van der Waals surface area contributed by atoms with E-state index in [0.717, 1.165) is 4.57 Å². The van der Waals surface area contributed by atoms with Gasteiger partial charge in [-0.3, -0.25) is 0 Å². The van der Waals surface area contributed by atoms with Crippen LogP contribution in [-0.4, -0.2) is 24.6 Å². The summed E-state index contributed by atoms with van der Waals surface area (Å²) in [6.45, 7) is 1.70. The molecular formula is C15H15N3O3. The Morgan fingerprint density at radius 3 is 2.43 bits per heavy atom. The van der Waals surface area contributed by atoms with E-state index in [-0.39, 0.29) is 11.7 Å². The largest absolute Gasteiger partial charge is 0.388 e. The second kappa shape index (κ2) is 3.85. The Morgan fingerprint density at radius 2 is 1.76 bits per heavy atom. The molecule has 0 saturated carbocycles. The molecule has 2 aromatic rings. The first-order chi connectivity index (χ1) is 10.0. The molecular weight excluding hydrogens is 270 g/mol. The average Bonchev–Trinajstić information content (AvgIpc) is 2.73. The molecule has 3 heterocycles. The van der Waals surface area contributed by atoms with E-state index in [0.29, 0.717) is 12.1 Å². The zero-order valence-electron chi connectivity index (χ0n) is 11.5. The third kappa shape index (κ3) is 1.50. The molecule has 6 heteroatoms. The van der Waals surface area contributed by atoms with Gasteiger partial charge in [0.2, 0.25) is 0 Å². The minimum atomic E-state index is -1.02. The highest BCUT2D eigenvalue weighted by Crippen LogP contribution is 2.40. The molecule has 6 nitrogen and oxygen atoms in total. The van der Waals surface area contributed by atoms with Gasteiger partial charge in [-0.25, -0.2) is 23.5 Å². The van der Waals surface area contributed by atoms with Gasteiger partial charge >= 0.3 is 11.4 Å². The minimum absolute atomic E-state index is 0.282. The molecule has 0 fully saturated rings. The molecule has 0 spiro atoms. The van der Waals surface area contributed by atoms with Crippen molar-refractivity contribution < 1.29 is 5.11 Å². The van der Waals surface area contributed by atoms with Gasteiger partial charge < -0.3 is 5.11 Å². The van der Waals surface area contributed by atoms with Crippen molar-refractivity contribution in [3.63, 3.8) is 0 Å². The maximum absolute atomic E-state index is 12.7. The summed E-state index contributed by atoms with van der Waals surface area (Å²) < 4.78 is 4.00. The third-order valence-corrected chi connectivity index (χ3v) is 4.37. The molecule has 0 saturated heterocycles. The monoisotopic (exact) mass is 285 g/mol. The van der Waals surface area contributed by atoms with E-state index < -0.39 is 17.3 Å². The molecule has 3 atom stereocenters. The van der Waals surface area contributed by atoms with Crippen LogP contribution in [0.1, 0.15) is 25.4 Å². The van der Waals surface area contributed by atoms with Crippen molar-refractivity contribution in [2.45, 2.75) is 31.0 Å². The van der Waals surface area contributed by atoms with Crippen LogP contribution in [0.3, 0.4) is 0 Å². The summed E-state index contributed by atoms with van der Waals surface area (Å²) in [5.74, 6) is 0. The normalized spacial score (nSPS) is 29.6. The molecule has 21 heavy (non-hydrogen) atoms. The van der Waals surface area contributed by atoms with Gasteiger partial charge in [0, 0.05) is 6.42 Å². The van der Waals surface area contributed by atoms with Gasteiger partial charge in [-0.05, 0) is 19.1 Å². The first-order valence-corrected chi connectivity index (χ1v) is 6.93. The van der Waals surface area contributed by atoms with Crippen molar-refractivity contribution in [1.82, 2.24) is 13.9 Å². The lowest BCUT2D eigenvalue weighted by Gasteiger charge is -2.43. The number of aliphatic hydroxyl groups is 1. The van der Waals surface area contributed by atoms with E-state index in [1.165, 1.54) is 9.36 Å². The van der Waals surface area contributed by atoms with Crippen LogP contribution in [0.15, 0.2) is 52.1 Å². The third-order valence-electron chi connectivity index (χ3n) is 4.37. The van der Waals surface area contributed by atoms with Crippen molar-refractivity contribution in [1.29, 1.82) is 0 Å². The van der Waals surface area contributed by atoms with E-state index in [1.54, 1.807) is 31.2 Å². The van der Waals surface area contributed by atoms with Gasteiger partial charge in [-0.2, -0.15) is 0 Å². The van der Waals surface area contributed by atoms with Crippen molar-refractivity contribution >= 4 is 0 Å². The number of hydrogen-bond donors (Lipinski definition) is 1. The number of allylic oxidation sites excluding steroid dienone is 1. The topological polar surface area (TPSA) is 69.2 Å². The Hall–Kier alpha value is -2.34. The summed E-state index contributed by atoms with van der Waals surface area (Å²) in [6, 6.07) is 8.06. The van der Waals surface area contributed by atoms with Crippen LogP contribution in [0.25, 0.3) is 5.69 Å². The highest BCUT2D eigenvalue weighted by molar-refractivity contribution is 5.31. The van der Waals surface area contributed by atoms with Crippen molar-refractivity contribution in [3.05, 3.63) is 63.5 Å². The van der Waals surface area contributed by atoms with Gasteiger partial charge in [-0.15, -0.1) is 0 Å². The van der Waals surface area contributed by atoms with Gasteiger partial charge in [0.05, 0.1) is 17.3 Å². The highest BCUT2D eigenvalue weighted by Gasteiger charge is 2.46. The quantitative estimate of drug-likeness (QED) is 0.780. The second-order valence-corrected chi connectivity index (χ2v) is 5.88.